The molecule has 3 N–H and O–H groups in total. The van der Waals surface area contributed by atoms with E-state index in [-0.39, 0.29) is 11.8 Å². The van der Waals surface area contributed by atoms with Crippen molar-refractivity contribution in [2.75, 3.05) is 5.73 Å². The van der Waals surface area contributed by atoms with Gasteiger partial charge in [-0.2, -0.15) is 19.9 Å². The first kappa shape index (κ1) is 15.4. The van der Waals surface area contributed by atoms with E-state index < -0.39 is 0 Å². The zero-order valence-electron chi connectivity index (χ0n) is 14.2. The Morgan fingerprint density at radius 3 is 2.52 bits per heavy atom. The fourth-order valence-corrected chi connectivity index (χ4v) is 3.14. The summed E-state index contributed by atoms with van der Waals surface area (Å²) in [7, 11) is 0. The summed E-state index contributed by atoms with van der Waals surface area (Å²) in [5.41, 5.74) is 11.0. The number of nitrogen functional groups attached to an aromatic ring is 1. The number of aromatic amines is 1. The molecule has 9 heteroatoms. The maximum atomic E-state index is 13.4. The molecule has 27 heavy (non-hydrogen) atoms. The van der Waals surface area contributed by atoms with E-state index in [9.17, 15) is 4.39 Å². The highest BCUT2D eigenvalue weighted by Crippen LogP contribution is 2.35. The zero-order valence-corrected chi connectivity index (χ0v) is 14.2. The Balaban J connectivity index is 1.88. The van der Waals surface area contributed by atoms with Crippen molar-refractivity contribution in [2.45, 2.75) is 6.92 Å². The Labute approximate surface area is 151 Å². The predicted molar refractivity (Wildman–Crippen MR) is 98.2 cm³/mol. The van der Waals surface area contributed by atoms with Crippen molar-refractivity contribution in [3.05, 3.63) is 54.1 Å². The number of fused-ring (bicyclic) bond motifs is 2. The molecule has 0 radical (unpaired) electrons. The van der Waals surface area contributed by atoms with E-state index >= 15 is 0 Å². The Morgan fingerprint density at radius 2 is 1.70 bits per heavy atom. The van der Waals surface area contributed by atoms with Gasteiger partial charge in [0.15, 0.2) is 5.65 Å². The first-order valence-corrected chi connectivity index (χ1v) is 8.20. The van der Waals surface area contributed by atoms with Crippen LogP contribution in [0.5, 0.6) is 0 Å². The highest BCUT2D eigenvalue weighted by Gasteiger charge is 2.19. The molecule has 132 valence electrons. The van der Waals surface area contributed by atoms with E-state index in [2.05, 4.69) is 30.5 Å². The van der Waals surface area contributed by atoms with Crippen LogP contribution in [0.15, 0.2) is 42.5 Å². The molecule has 0 saturated heterocycles. The van der Waals surface area contributed by atoms with Gasteiger partial charge in [-0.25, -0.2) is 14.4 Å². The van der Waals surface area contributed by atoms with Crippen LogP contribution in [0.1, 0.15) is 5.82 Å². The van der Waals surface area contributed by atoms with Crippen LogP contribution in [0.4, 0.5) is 10.3 Å². The number of aromatic nitrogens is 7. The molecule has 0 unspecified atom stereocenters. The third-order valence-electron chi connectivity index (χ3n) is 4.34. The standard InChI is InChI=1S/C18H13FN8/c1-9-21-17-15(11-4-7-13-14(8-11)24-26-23-13)16(22-18(20)27(17)25-9)10-2-5-12(19)6-3-10/h2-8H,1H3,(H2,20,22)(H,23,24,26). The fourth-order valence-electron chi connectivity index (χ4n) is 3.14. The number of nitrogens with zero attached hydrogens (tertiary/aromatic N) is 6. The lowest BCUT2D eigenvalue weighted by Gasteiger charge is -2.12. The van der Waals surface area contributed by atoms with Gasteiger partial charge in [-0.15, -0.1) is 5.10 Å². The van der Waals surface area contributed by atoms with Crippen LogP contribution in [0.2, 0.25) is 0 Å². The van der Waals surface area contributed by atoms with Gasteiger partial charge >= 0.3 is 0 Å². The molecule has 0 spiro atoms. The second-order valence-corrected chi connectivity index (χ2v) is 6.12. The molecule has 0 fully saturated rings. The molecule has 0 aliphatic heterocycles. The predicted octanol–water partition coefficient (Wildman–Crippen LogP) is 2.76. The van der Waals surface area contributed by atoms with Crippen molar-refractivity contribution in [1.29, 1.82) is 0 Å². The fraction of sp³-hybridized carbons (Fsp3) is 0.0556. The van der Waals surface area contributed by atoms with E-state index in [1.807, 2.05) is 18.2 Å². The molecule has 5 rings (SSSR count). The molecule has 8 nitrogen and oxygen atoms in total. The van der Waals surface area contributed by atoms with Gasteiger partial charge in [-0.3, -0.25) is 0 Å². The van der Waals surface area contributed by atoms with Crippen molar-refractivity contribution in [3.63, 3.8) is 0 Å². The molecule has 0 aliphatic rings. The van der Waals surface area contributed by atoms with Crippen LogP contribution in [0, 0.1) is 12.7 Å². The van der Waals surface area contributed by atoms with Crippen LogP contribution in [-0.2, 0) is 0 Å². The first-order chi connectivity index (χ1) is 13.1. The van der Waals surface area contributed by atoms with Crippen LogP contribution in [-0.4, -0.2) is 35.0 Å². The summed E-state index contributed by atoms with van der Waals surface area (Å²) in [6, 6.07) is 11.8. The van der Waals surface area contributed by atoms with Crippen LogP contribution < -0.4 is 5.73 Å². The number of hydrogen-bond acceptors (Lipinski definition) is 6. The second kappa shape index (κ2) is 5.56. The van der Waals surface area contributed by atoms with Crippen LogP contribution in [0.3, 0.4) is 0 Å². The van der Waals surface area contributed by atoms with Gasteiger partial charge in [0.2, 0.25) is 5.95 Å². The average Bonchev–Trinajstić information content (AvgIpc) is 3.28. The number of nitrogens with two attached hydrogens (primary N) is 1. The molecule has 3 aromatic heterocycles. The number of rotatable bonds is 2. The van der Waals surface area contributed by atoms with Gasteiger partial charge < -0.3 is 5.73 Å². The minimum absolute atomic E-state index is 0.205. The summed E-state index contributed by atoms with van der Waals surface area (Å²) < 4.78 is 14.9. The molecular weight excluding hydrogens is 347 g/mol. The maximum absolute atomic E-state index is 13.4. The molecule has 0 atom stereocenters. The first-order valence-electron chi connectivity index (χ1n) is 8.20. The van der Waals surface area contributed by atoms with Crippen molar-refractivity contribution in [3.8, 4) is 22.4 Å². The SMILES string of the molecule is Cc1nc2c(-c3ccc4n[nH]nc4c3)c(-c3ccc(F)cc3)nc(N)n2n1. The molecular formula is C18H13FN8. The summed E-state index contributed by atoms with van der Waals surface area (Å²) in [5.74, 6) is 0.455. The van der Waals surface area contributed by atoms with Crippen molar-refractivity contribution in [2.24, 2.45) is 0 Å². The number of hydrogen-bond donors (Lipinski definition) is 2. The third-order valence-corrected chi connectivity index (χ3v) is 4.34. The van der Waals surface area contributed by atoms with E-state index in [0.717, 1.165) is 22.2 Å². The lowest BCUT2D eigenvalue weighted by Crippen LogP contribution is -2.05. The van der Waals surface area contributed by atoms with Gasteiger partial charge in [0.05, 0.1) is 11.3 Å². The molecule has 3 heterocycles. The number of benzene rings is 2. The van der Waals surface area contributed by atoms with Gasteiger partial charge in [-0.05, 0) is 48.9 Å². The smallest absolute Gasteiger partial charge is 0.223 e. The lowest BCUT2D eigenvalue weighted by atomic mass is 9.99. The van der Waals surface area contributed by atoms with E-state index in [0.29, 0.717) is 22.7 Å². The monoisotopic (exact) mass is 360 g/mol. The van der Waals surface area contributed by atoms with E-state index in [1.54, 1.807) is 19.1 Å². The van der Waals surface area contributed by atoms with Crippen molar-refractivity contribution in [1.82, 2.24) is 35.0 Å². The summed E-state index contributed by atoms with van der Waals surface area (Å²) >= 11 is 0. The summed E-state index contributed by atoms with van der Waals surface area (Å²) in [5, 5.41) is 15.2. The number of H-pyrrole nitrogens is 1. The summed E-state index contributed by atoms with van der Waals surface area (Å²) in [6.45, 7) is 1.79. The van der Waals surface area contributed by atoms with Gasteiger partial charge in [0, 0.05) is 5.56 Å². The molecule has 0 saturated carbocycles. The van der Waals surface area contributed by atoms with Crippen LogP contribution >= 0.6 is 0 Å². The second-order valence-electron chi connectivity index (χ2n) is 6.12. The van der Waals surface area contributed by atoms with Gasteiger partial charge in [-0.1, -0.05) is 6.07 Å². The van der Waals surface area contributed by atoms with Gasteiger partial charge in [0.1, 0.15) is 22.7 Å². The average molecular weight is 360 g/mol. The number of aryl methyl sites for hydroxylation is 1. The quantitative estimate of drug-likeness (QED) is 0.501. The van der Waals surface area contributed by atoms with E-state index in [4.69, 9.17) is 5.73 Å². The Bertz CT molecular complexity index is 1300. The van der Waals surface area contributed by atoms with Crippen molar-refractivity contribution >= 4 is 22.6 Å². The molecule has 2 aromatic carbocycles. The van der Waals surface area contributed by atoms with Crippen molar-refractivity contribution < 1.29 is 4.39 Å². The number of nitrogens with one attached hydrogen (secondary N) is 1. The Morgan fingerprint density at radius 1 is 0.963 bits per heavy atom. The number of anilines is 1. The van der Waals surface area contributed by atoms with Crippen LogP contribution in [0.25, 0.3) is 39.1 Å². The summed E-state index contributed by atoms with van der Waals surface area (Å²) in [4.78, 5) is 9.07. The topological polar surface area (TPSA) is 111 Å². The van der Waals surface area contributed by atoms with Gasteiger partial charge in [0.25, 0.3) is 0 Å². The molecule has 0 amide bonds. The maximum Gasteiger partial charge on any atom is 0.223 e. The number of halogens is 1. The Kier molecular flexibility index (Phi) is 3.17. The summed E-state index contributed by atoms with van der Waals surface area (Å²) in [6.07, 6.45) is 0. The molecule has 0 aliphatic carbocycles. The minimum Gasteiger partial charge on any atom is -0.368 e. The lowest BCUT2D eigenvalue weighted by molar-refractivity contribution is 0.628. The third kappa shape index (κ3) is 2.40. The molecule has 5 aromatic rings. The zero-order chi connectivity index (χ0) is 18.5. The Hall–Kier alpha value is -3.88. The molecule has 0 bridgehead atoms. The highest BCUT2D eigenvalue weighted by molar-refractivity contribution is 5.93. The highest BCUT2D eigenvalue weighted by atomic mass is 19.1. The normalized spacial score (nSPS) is 11.5. The van der Waals surface area contributed by atoms with E-state index in [1.165, 1.54) is 16.6 Å². The largest absolute Gasteiger partial charge is 0.368 e. The minimum atomic E-state index is -0.323.